The number of nitrogens with one attached hydrogen (secondary N) is 1. The van der Waals surface area contributed by atoms with Gasteiger partial charge in [0.2, 0.25) is 0 Å². The summed E-state index contributed by atoms with van der Waals surface area (Å²) in [5.74, 6) is 1.81. The highest BCUT2D eigenvalue weighted by Gasteiger charge is 2.35. The Hall–Kier alpha value is -2.48. The molecule has 1 amide bonds. The Labute approximate surface area is 191 Å². The molecule has 1 N–H and O–H groups in total. The zero-order chi connectivity index (χ0) is 22.8. The molecule has 0 aromatic heterocycles. The third-order valence-corrected chi connectivity index (χ3v) is 6.20. The summed E-state index contributed by atoms with van der Waals surface area (Å²) >= 11 is 0. The monoisotopic (exact) mass is 446 g/mol. The van der Waals surface area contributed by atoms with Crippen molar-refractivity contribution in [3.05, 3.63) is 29.8 Å². The minimum Gasteiger partial charge on any atom is -0.494 e. The molecule has 0 unspecified atom stereocenters. The number of amides is 1. The number of rotatable bonds is 7. The maximum Gasteiger partial charge on any atom is 0.409 e. The van der Waals surface area contributed by atoms with Gasteiger partial charge >= 0.3 is 6.09 Å². The molecule has 8 nitrogen and oxygen atoms in total. The molecule has 0 aliphatic carbocycles. The van der Waals surface area contributed by atoms with Gasteiger partial charge in [-0.15, -0.1) is 0 Å². The average molecular weight is 447 g/mol. The average Bonchev–Trinajstić information content (AvgIpc) is 2.83. The van der Waals surface area contributed by atoms with Crippen LogP contribution in [0.2, 0.25) is 0 Å². The van der Waals surface area contributed by atoms with E-state index in [1.54, 1.807) is 4.90 Å². The van der Waals surface area contributed by atoms with E-state index in [1.165, 1.54) is 5.56 Å². The van der Waals surface area contributed by atoms with Crippen LogP contribution in [-0.2, 0) is 14.9 Å². The lowest BCUT2D eigenvalue weighted by molar-refractivity contribution is 0.0529. The van der Waals surface area contributed by atoms with Gasteiger partial charge in [0.25, 0.3) is 0 Å². The lowest BCUT2D eigenvalue weighted by Gasteiger charge is -2.38. The van der Waals surface area contributed by atoms with Crippen LogP contribution >= 0.6 is 0 Å². The van der Waals surface area contributed by atoms with Crippen LogP contribution in [0.3, 0.4) is 0 Å². The summed E-state index contributed by atoms with van der Waals surface area (Å²) in [6.07, 6.45) is 1.66. The number of ether oxygens (including phenoxy) is 3. The largest absolute Gasteiger partial charge is 0.494 e. The van der Waals surface area contributed by atoms with Gasteiger partial charge in [0, 0.05) is 51.4 Å². The molecule has 2 aliphatic rings. The minimum absolute atomic E-state index is 0.0452. The van der Waals surface area contributed by atoms with Crippen LogP contribution in [0, 0.1) is 0 Å². The molecule has 8 heteroatoms. The van der Waals surface area contributed by atoms with Crippen molar-refractivity contribution in [2.45, 2.75) is 39.0 Å². The lowest BCUT2D eigenvalue weighted by atomic mass is 9.74. The number of aliphatic imine (C=N–C) groups is 1. The molecule has 3 rings (SSSR count). The molecule has 2 saturated heterocycles. The van der Waals surface area contributed by atoms with Crippen molar-refractivity contribution in [1.29, 1.82) is 0 Å². The first-order chi connectivity index (χ1) is 15.6. The summed E-state index contributed by atoms with van der Waals surface area (Å²) in [6.45, 7) is 12.7. The quantitative estimate of drug-likeness (QED) is 0.513. The molecule has 2 aliphatic heterocycles. The molecule has 0 radical (unpaired) electrons. The molecule has 1 aromatic carbocycles. The van der Waals surface area contributed by atoms with Crippen LogP contribution in [0.4, 0.5) is 4.79 Å². The molecule has 1 aromatic rings. The van der Waals surface area contributed by atoms with E-state index < -0.39 is 0 Å². The predicted octanol–water partition coefficient (Wildman–Crippen LogP) is 2.87. The molecule has 178 valence electrons. The second kappa shape index (κ2) is 11.9. The van der Waals surface area contributed by atoms with Gasteiger partial charge in [-0.05, 0) is 51.3 Å². The minimum atomic E-state index is -0.231. The number of carbonyl (C=O) groups excluding carboxylic acids is 1. The summed E-state index contributed by atoms with van der Waals surface area (Å²) in [4.78, 5) is 21.1. The Morgan fingerprint density at radius 2 is 1.69 bits per heavy atom. The molecule has 0 saturated carbocycles. The Balaban J connectivity index is 1.72. The highest BCUT2D eigenvalue weighted by molar-refractivity contribution is 5.80. The van der Waals surface area contributed by atoms with Gasteiger partial charge in [0.15, 0.2) is 5.96 Å². The van der Waals surface area contributed by atoms with Crippen LogP contribution < -0.4 is 10.1 Å². The van der Waals surface area contributed by atoms with Gasteiger partial charge in [0.1, 0.15) is 5.75 Å². The maximum absolute atomic E-state index is 12.0. The van der Waals surface area contributed by atoms with Gasteiger partial charge < -0.3 is 29.3 Å². The van der Waals surface area contributed by atoms with E-state index in [4.69, 9.17) is 19.2 Å². The fourth-order valence-electron chi connectivity index (χ4n) is 4.34. The fraction of sp³-hybridized carbons (Fsp3) is 0.667. The van der Waals surface area contributed by atoms with Gasteiger partial charge in [0.05, 0.1) is 19.8 Å². The van der Waals surface area contributed by atoms with Gasteiger partial charge in [-0.3, -0.25) is 4.99 Å². The third-order valence-electron chi connectivity index (χ3n) is 6.20. The SMILES string of the molecule is CCNC(=NCC1(c2ccc(OCC)cc2)CCOCC1)N1CCN(C(=O)OCC)CC1. The molecule has 32 heavy (non-hydrogen) atoms. The topological polar surface area (TPSA) is 75.6 Å². The summed E-state index contributed by atoms with van der Waals surface area (Å²) in [6, 6.07) is 8.47. The Bertz CT molecular complexity index is 739. The molecule has 0 bridgehead atoms. The highest BCUT2D eigenvalue weighted by atomic mass is 16.6. The van der Waals surface area contributed by atoms with E-state index in [0.29, 0.717) is 32.8 Å². The van der Waals surface area contributed by atoms with Crippen LogP contribution in [0.5, 0.6) is 5.75 Å². The molecule has 0 spiro atoms. The Morgan fingerprint density at radius 3 is 2.28 bits per heavy atom. The summed E-state index contributed by atoms with van der Waals surface area (Å²) in [7, 11) is 0. The number of carbonyl (C=O) groups is 1. The highest BCUT2D eigenvalue weighted by Crippen LogP contribution is 2.36. The number of benzene rings is 1. The van der Waals surface area contributed by atoms with Gasteiger partial charge in [-0.2, -0.15) is 0 Å². The van der Waals surface area contributed by atoms with Crippen molar-refractivity contribution in [2.75, 3.05) is 65.7 Å². The first-order valence-corrected chi connectivity index (χ1v) is 11.9. The Kier molecular flexibility index (Phi) is 9.02. The second-order valence-corrected chi connectivity index (χ2v) is 8.19. The number of hydrogen-bond donors (Lipinski definition) is 1. The number of hydrogen-bond acceptors (Lipinski definition) is 5. The van der Waals surface area contributed by atoms with Gasteiger partial charge in [-0.25, -0.2) is 4.79 Å². The first-order valence-electron chi connectivity index (χ1n) is 11.9. The fourth-order valence-corrected chi connectivity index (χ4v) is 4.34. The molecular formula is C24H38N4O4. The smallest absolute Gasteiger partial charge is 0.409 e. The molecule has 2 heterocycles. The first kappa shape index (κ1) is 24.2. The van der Waals surface area contributed by atoms with Crippen molar-refractivity contribution in [3.63, 3.8) is 0 Å². The van der Waals surface area contributed by atoms with E-state index in [9.17, 15) is 4.79 Å². The third kappa shape index (κ3) is 6.06. The van der Waals surface area contributed by atoms with Crippen LogP contribution in [0.1, 0.15) is 39.2 Å². The summed E-state index contributed by atoms with van der Waals surface area (Å²) < 4.78 is 16.4. The number of piperazine rings is 1. The van der Waals surface area contributed by atoms with Crippen molar-refractivity contribution in [3.8, 4) is 5.75 Å². The molecule has 2 fully saturated rings. The second-order valence-electron chi connectivity index (χ2n) is 8.19. The van der Waals surface area contributed by atoms with Crippen LogP contribution in [0.25, 0.3) is 0 Å². The van der Waals surface area contributed by atoms with E-state index >= 15 is 0 Å². The normalized spacial score (nSPS) is 18.9. The van der Waals surface area contributed by atoms with E-state index in [1.807, 2.05) is 13.8 Å². The van der Waals surface area contributed by atoms with Crippen LogP contribution in [-0.4, -0.2) is 87.5 Å². The van der Waals surface area contributed by atoms with Crippen molar-refractivity contribution < 1.29 is 19.0 Å². The van der Waals surface area contributed by atoms with Crippen LogP contribution in [0.15, 0.2) is 29.3 Å². The predicted molar refractivity (Wildman–Crippen MR) is 125 cm³/mol. The van der Waals surface area contributed by atoms with Crippen molar-refractivity contribution in [1.82, 2.24) is 15.1 Å². The molecule has 0 atom stereocenters. The van der Waals surface area contributed by atoms with Crippen molar-refractivity contribution >= 4 is 12.1 Å². The number of nitrogens with zero attached hydrogens (tertiary/aromatic N) is 3. The maximum atomic E-state index is 12.0. The standard InChI is InChI=1S/C24H38N4O4/c1-4-25-22(27-13-15-28(16-14-27)23(29)32-6-3)26-19-24(11-17-30-18-12-24)20-7-9-21(10-8-20)31-5-2/h7-10H,4-6,11-19H2,1-3H3,(H,25,26). The van der Waals surface area contributed by atoms with E-state index in [2.05, 4.69) is 41.4 Å². The van der Waals surface area contributed by atoms with E-state index in [-0.39, 0.29) is 11.5 Å². The zero-order valence-electron chi connectivity index (χ0n) is 19.8. The van der Waals surface area contributed by atoms with Gasteiger partial charge in [-0.1, -0.05) is 12.1 Å². The summed E-state index contributed by atoms with van der Waals surface area (Å²) in [5, 5.41) is 3.45. The van der Waals surface area contributed by atoms with E-state index in [0.717, 1.165) is 57.4 Å². The Morgan fingerprint density at radius 1 is 1.03 bits per heavy atom. The number of guanidine groups is 1. The lowest BCUT2D eigenvalue weighted by Crippen LogP contribution is -2.54. The zero-order valence-corrected chi connectivity index (χ0v) is 19.8. The summed E-state index contributed by atoms with van der Waals surface area (Å²) in [5.41, 5.74) is 1.24. The van der Waals surface area contributed by atoms with Crippen molar-refractivity contribution in [2.24, 2.45) is 4.99 Å². The molecular weight excluding hydrogens is 408 g/mol.